The Morgan fingerprint density at radius 1 is 1.35 bits per heavy atom. The van der Waals surface area contributed by atoms with Crippen molar-refractivity contribution in [1.29, 1.82) is 0 Å². The summed E-state index contributed by atoms with van der Waals surface area (Å²) in [7, 11) is 0. The predicted octanol–water partition coefficient (Wildman–Crippen LogP) is 2.09. The van der Waals surface area contributed by atoms with Gasteiger partial charge >= 0.3 is 0 Å². The van der Waals surface area contributed by atoms with Crippen LogP contribution in [0.4, 0.5) is 10.9 Å². The minimum absolute atomic E-state index is 0.169. The first kappa shape index (κ1) is 16.7. The topological polar surface area (TPSA) is 89.3 Å². The van der Waals surface area contributed by atoms with Gasteiger partial charge < -0.3 is 21.1 Å². The monoisotopic (exact) mass is 300 g/mol. The van der Waals surface area contributed by atoms with Crippen molar-refractivity contribution in [3.63, 3.8) is 0 Å². The number of nitrogens with one attached hydrogen (secondary N) is 2. The fourth-order valence-corrected chi connectivity index (χ4v) is 2.40. The molecule has 0 unspecified atom stereocenters. The second-order valence-electron chi connectivity index (χ2n) is 4.34. The number of hydrogen-bond donors (Lipinski definition) is 3. The summed E-state index contributed by atoms with van der Waals surface area (Å²) in [5.41, 5.74) is 5.73. The zero-order valence-corrected chi connectivity index (χ0v) is 13.0. The third-order valence-corrected chi connectivity index (χ3v) is 3.61. The molecule has 1 rings (SSSR count). The highest BCUT2D eigenvalue weighted by Gasteiger charge is 2.15. The van der Waals surface area contributed by atoms with Crippen molar-refractivity contribution in [2.75, 3.05) is 37.4 Å². The Morgan fingerprint density at radius 3 is 2.80 bits per heavy atom. The molecule has 1 aromatic heterocycles. The molecule has 1 amide bonds. The second kappa shape index (κ2) is 9.55. The van der Waals surface area contributed by atoms with Crippen molar-refractivity contribution < 1.29 is 9.53 Å². The van der Waals surface area contributed by atoms with Crippen LogP contribution in [0.5, 0.6) is 0 Å². The SMILES string of the molecule is CCCCOCCCNC(=O)c1sc(NCC)nc1N. The van der Waals surface area contributed by atoms with Gasteiger partial charge in [0.25, 0.3) is 5.91 Å². The maximum absolute atomic E-state index is 11.9. The van der Waals surface area contributed by atoms with Crippen LogP contribution in [-0.2, 0) is 4.74 Å². The number of hydrogen-bond acceptors (Lipinski definition) is 6. The van der Waals surface area contributed by atoms with Crippen molar-refractivity contribution in [3.05, 3.63) is 4.88 Å². The molecule has 114 valence electrons. The summed E-state index contributed by atoms with van der Waals surface area (Å²) in [5, 5.41) is 6.56. The summed E-state index contributed by atoms with van der Waals surface area (Å²) in [4.78, 5) is 16.5. The highest BCUT2D eigenvalue weighted by atomic mass is 32.1. The molecule has 0 aliphatic heterocycles. The van der Waals surface area contributed by atoms with Gasteiger partial charge in [0.05, 0.1) is 0 Å². The zero-order valence-electron chi connectivity index (χ0n) is 12.2. The number of carbonyl (C=O) groups is 1. The first-order valence-electron chi connectivity index (χ1n) is 7.05. The van der Waals surface area contributed by atoms with Crippen molar-refractivity contribution in [1.82, 2.24) is 10.3 Å². The van der Waals surface area contributed by atoms with E-state index in [1.807, 2.05) is 6.92 Å². The Balaban J connectivity index is 2.25. The molecule has 0 fully saturated rings. The Morgan fingerprint density at radius 2 is 2.10 bits per heavy atom. The van der Waals surface area contributed by atoms with Gasteiger partial charge in [-0.1, -0.05) is 24.7 Å². The number of aromatic nitrogens is 1. The van der Waals surface area contributed by atoms with E-state index in [1.165, 1.54) is 11.3 Å². The van der Waals surface area contributed by atoms with Gasteiger partial charge in [-0.3, -0.25) is 4.79 Å². The number of carbonyl (C=O) groups excluding carboxylic acids is 1. The van der Waals surface area contributed by atoms with E-state index in [2.05, 4.69) is 22.5 Å². The minimum atomic E-state index is -0.169. The molecule has 4 N–H and O–H groups in total. The van der Waals surface area contributed by atoms with Crippen LogP contribution in [0.15, 0.2) is 0 Å². The Labute approximate surface area is 124 Å². The highest BCUT2D eigenvalue weighted by molar-refractivity contribution is 7.18. The predicted molar refractivity (Wildman–Crippen MR) is 83.4 cm³/mol. The molecule has 0 aliphatic carbocycles. The van der Waals surface area contributed by atoms with Crippen molar-refractivity contribution in [3.8, 4) is 0 Å². The molecule has 7 heteroatoms. The highest BCUT2D eigenvalue weighted by Crippen LogP contribution is 2.24. The average Bonchev–Trinajstić information content (AvgIpc) is 2.79. The average molecular weight is 300 g/mol. The van der Waals surface area contributed by atoms with Crippen molar-refractivity contribution in [2.24, 2.45) is 0 Å². The molecular formula is C13H24N4O2S. The quantitative estimate of drug-likeness (QED) is 0.576. The summed E-state index contributed by atoms with van der Waals surface area (Å²) in [6.45, 7) is 6.89. The number of nitrogen functional groups attached to an aromatic ring is 1. The fraction of sp³-hybridized carbons (Fsp3) is 0.692. The van der Waals surface area contributed by atoms with Crippen LogP contribution >= 0.6 is 11.3 Å². The molecule has 0 bridgehead atoms. The molecule has 0 saturated carbocycles. The van der Waals surface area contributed by atoms with Gasteiger partial charge in [-0.15, -0.1) is 0 Å². The van der Waals surface area contributed by atoms with E-state index in [0.29, 0.717) is 23.2 Å². The molecule has 1 heterocycles. The lowest BCUT2D eigenvalue weighted by Gasteiger charge is -2.05. The zero-order chi connectivity index (χ0) is 14.8. The smallest absolute Gasteiger partial charge is 0.265 e. The van der Waals surface area contributed by atoms with Crippen LogP contribution in [0.3, 0.4) is 0 Å². The summed E-state index contributed by atoms with van der Waals surface area (Å²) in [5.74, 6) is 0.111. The normalized spacial score (nSPS) is 10.5. The number of unbranched alkanes of at least 4 members (excludes halogenated alkanes) is 1. The maximum Gasteiger partial charge on any atom is 0.265 e. The van der Waals surface area contributed by atoms with Gasteiger partial charge in [-0.05, 0) is 19.8 Å². The van der Waals surface area contributed by atoms with Crippen LogP contribution < -0.4 is 16.4 Å². The van der Waals surface area contributed by atoms with E-state index in [9.17, 15) is 4.79 Å². The molecule has 0 aromatic carbocycles. The van der Waals surface area contributed by atoms with Gasteiger partial charge in [-0.25, -0.2) is 4.98 Å². The molecule has 0 aliphatic rings. The second-order valence-corrected chi connectivity index (χ2v) is 5.34. The molecule has 6 nitrogen and oxygen atoms in total. The number of thiazole rings is 1. The molecule has 0 saturated heterocycles. The van der Waals surface area contributed by atoms with Crippen LogP contribution in [0.1, 0.15) is 42.8 Å². The van der Waals surface area contributed by atoms with Gasteiger partial charge in [-0.2, -0.15) is 0 Å². The summed E-state index contributed by atoms with van der Waals surface area (Å²) in [6.07, 6.45) is 3.01. The molecule has 0 atom stereocenters. The standard InChI is InChI=1S/C13H24N4O2S/c1-3-5-8-19-9-6-7-16-12(18)10-11(14)17-13(20-10)15-4-2/h3-9,14H2,1-2H3,(H,15,17)(H,16,18). The number of rotatable bonds is 10. The van der Waals surface area contributed by atoms with E-state index in [4.69, 9.17) is 10.5 Å². The van der Waals surface area contributed by atoms with Gasteiger partial charge in [0.2, 0.25) is 0 Å². The summed E-state index contributed by atoms with van der Waals surface area (Å²) in [6, 6.07) is 0. The first-order valence-corrected chi connectivity index (χ1v) is 7.86. The van der Waals surface area contributed by atoms with E-state index >= 15 is 0 Å². The van der Waals surface area contributed by atoms with Gasteiger partial charge in [0, 0.05) is 26.3 Å². The number of anilines is 2. The van der Waals surface area contributed by atoms with Crippen LogP contribution in [-0.4, -0.2) is 37.2 Å². The number of nitrogens with two attached hydrogens (primary N) is 1. The fourth-order valence-electron chi connectivity index (χ4n) is 1.53. The summed E-state index contributed by atoms with van der Waals surface area (Å²) >= 11 is 1.28. The first-order chi connectivity index (χ1) is 9.69. The molecule has 0 spiro atoms. The van der Waals surface area contributed by atoms with Crippen LogP contribution in [0.2, 0.25) is 0 Å². The lowest BCUT2D eigenvalue weighted by atomic mass is 10.3. The third kappa shape index (κ3) is 5.75. The van der Waals surface area contributed by atoms with E-state index in [1.54, 1.807) is 0 Å². The van der Waals surface area contributed by atoms with Gasteiger partial charge in [0.15, 0.2) is 5.13 Å². The lowest BCUT2D eigenvalue weighted by molar-refractivity contribution is 0.0945. The van der Waals surface area contributed by atoms with Gasteiger partial charge in [0.1, 0.15) is 10.7 Å². The summed E-state index contributed by atoms with van der Waals surface area (Å²) < 4.78 is 5.43. The Bertz CT molecular complexity index is 409. The molecule has 0 radical (unpaired) electrons. The Hall–Kier alpha value is -1.34. The number of ether oxygens (including phenoxy) is 1. The van der Waals surface area contributed by atoms with E-state index in [-0.39, 0.29) is 11.7 Å². The van der Waals surface area contributed by atoms with Crippen molar-refractivity contribution in [2.45, 2.75) is 33.1 Å². The minimum Gasteiger partial charge on any atom is -0.382 e. The largest absolute Gasteiger partial charge is 0.382 e. The Kier molecular flexibility index (Phi) is 7.98. The maximum atomic E-state index is 11.9. The number of amides is 1. The molecule has 20 heavy (non-hydrogen) atoms. The molecular weight excluding hydrogens is 276 g/mol. The molecule has 1 aromatic rings. The third-order valence-electron chi connectivity index (χ3n) is 2.58. The van der Waals surface area contributed by atoms with E-state index < -0.39 is 0 Å². The van der Waals surface area contributed by atoms with Crippen molar-refractivity contribution >= 4 is 28.2 Å². The number of nitrogens with zero attached hydrogens (tertiary/aromatic N) is 1. The van der Waals surface area contributed by atoms with Crippen LogP contribution in [0, 0.1) is 0 Å². The van der Waals surface area contributed by atoms with Crippen LogP contribution in [0.25, 0.3) is 0 Å². The lowest BCUT2D eigenvalue weighted by Crippen LogP contribution is -2.25. The van der Waals surface area contributed by atoms with E-state index in [0.717, 1.165) is 32.4 Å².